The molecule has 1 saturated heterocycles. The van der Waals surface area contributed by atoms with Crippen molar-refractivity contribution in [3.8, 4) is 17.1 Å². The number of nitrogens with one attached hydrogen (secondary N) is 1. The summed E-state index contributed by atoms with van der Waals surface area (Å²) in [7, 11) is 0. The first kappa shape index (κ1) is 19.3. The zero-order valence-corrected chi connectivity index (χ0v) is 17.0. The van der Waals surface area contributed by atoms with E-state index in [1.807, 2.05) is 24.4 Å². The van der Waals surface area contributed by atoms with Crippen molar-refractivity contribution in [3.05, 3.63) is 42.6 Å². The van der Waals surface area contributed by atoms with Gasteiger partial charge in [-0.3, -0.25) is 9.78 Å². The first-order valence-corrected chi connectivity index (χ1v) is 10.3. The summed E-state index contributed by atoms with van der Waals surface area (Å²) in [6.45, 7) is 6.63. The molecule has 0 radical (unpaired) electrons. The molecule has 2 aromatic heterocycles. The van der Waals surface area contributed by atoms with E-state index in [1.54, 1.807) is 0 Å². The van der Waals surface area contributed by atoms with E-state index >= 15 is 0 Å². The summed E-state index contributed by atoms with van der Waals surface area (Å²) in [6.07, 6.45) is 3.66. The molecule has 0 spiro atoms. The standard InChI is InChI=1S/C23H28N4O2/c1-15(2)7-10-29-19-3-4-20-17(11-19)12-22(26-20)21-13-18(5-8-25-21)27-9-6-16(14-27)23(24)28/h3-5,8,11-13,15-16,26H,6-7,9-10,14H2,1-2H3,(H2,24,28). The highest BCUT2D eigenvalue weighted by molar-refractivity contribution is 5.86. The summed E-state index contributed by atoms with van der Waals surface area (Å²) in [6, 6.07) is 12.3. The lowest BCUT2D eigenvalue weighted by molar-refractivity contribution is -0.121. The van der Waals surface area contributed by atoms with Crippen LogP contribution in [0.2, 0.25) is 0 Å². The fourth-order valence-corrected chi connectivity index (χ4v) is 3.74. The number of nitrogens with zero attached hydrogens (tertiary/aromatic N) is 2. The van der Waals surface area contributed by atoms with Crippen molar-refractivity contribution in [3.63, 3.8) is 0 Å². The average molecular weight is 393 g/mol. The first-order valence-electron chi connectivity index (χ1n) is 10.3. The second kappa shape index (κ2) is 8.15. The molecule has 1 amide bonds. The summed E-state index contributed by atoms with van der Waals surface area (Å²) in [5.41, 5.74) is 9.43. The van der Waals surface area contributed by atoms with Crippen molar-refractivity contribution in [2.24, 2.45) is 17.6 Å². The maximum atomic E-state index is 11.5. The Morgan fingerprint density at radius 1 is 1.31 bits per heavy atom. The number of pyridine rings is 1. The number of H-pyrrole nitrogens is 1. The van der Waals surface area contributed by atoms with Crippen molar-refractivity contribution < 1.29 is 9.53 Å². The topological polar surface area (TPSA) is 84.2 Å². The number of aromatic nitrogens is 2. The predicted molar refractivity (Wildman–Crippen MR) is 116 cm³/mol. The number of amides is 1. The normalized spacial score (nSPS) is 16.7. The molecule has 1 unspecified atom stereocenters. The number of hydrogen-bond donors (Lipinski definition) is 2. The Morgan fingerprint density at radius 2 is 2.17 bits per heavy atom. The lowest BCUT2D eigenvalue weighted by Crippen LogP contribution is -2.27. The fourth-order valence-electron chi connectivity index (χ4n) is 3.74. The molecule has 4 rings (SSSR count). The Balaban J connectivity index is 1.53. The van der Waals surface area contributed by atoms with Gasteiger partial charge in [-0.15, -0.1) is 0 Å². The van der Waals surface area contributed by atoms with Crippen LogP contribution in [0.15, 0.2) is 42.6 Å². The lowest BCUT2D eigenvalue weighted by Gasteiger charge is -2.18. The molecule has 29 heavy (non-hydrogen) atoms. The number of ether oxygens (including phenoxy) is 1. The van der Waals surface area contributed by atoms with E-state index < -0.39 is 0 Å². The van der Waals surface area contributed by atoms with E-state index in [1.165, 1.54) is 0 Å². The molecule has 1 atom stereocenters. The molecule has 152 valence electrons. The highest BCUT2D eigenvalue weighted by atomic mass is 16.5. The number of primary amides is 1. The number of rotatable bonds is 7. The van der Waals surface area contributed by atoms with Gasteiger partial charge in [-0.1, -0.05) is 13.8 Å². The number of carbonyl (C=O) groups excluding carboxylic acids is 1. The minimum atomic E-state index is -0.219. The van der Waals surface area contributed by atoms with Crippen molar-refractivity contribution in [1.29, 1.82) is 0 Å². The third kappa shape index (κ3) is 4.36. The molecule has 3 heterocycles. The van der Waals surface area contributed by atoms with Crippen molar-refractivity contribution >= 4 is 22.5 Å². The van der Waals surface area contributed by atoms with Gasteiger partial charge in [0.05, 0.1) is 23.9 Å². The number of anilines is 1. The maximum Gasteiger partial charge on any atom is 0.222 e. The van der Waals surface area contributed by atoms with Gasteiger partial charge in [0, 0.05) is 35.9 Å². The first-order chi connectivity index (χ1) is 14.0. The Kier molecular flexibility index (Phi) is 5.43. The van der Waals surface area contributed by atoms with Gasteiger partial charge >= 0.3 is 0 Å². The smallest absolute Gasteiger partial charge is 0.222 e. The lowest BCUT2D eigenvalue weighted by atomic mass is 10.1. The summed E-state index contributed by atoms with van der Waals surface area (Å²) >= 11 is 0. The van der Waals surface area contributed by atoms with Crippen LogP contribution in [0.3, 0.4) is 0 Å². The molecule has 3 aromatic rings. The van der Waals surface area contributed by atoms with Crippen LogP contribution in [-0.2, 0) is 4.79 Å². The summed E-state index contributed by atoms with van der Waals surface area (Å²) in [5, 5.41) is 1.10. The molecule has 0 aliphatic carbocycles. The van der Waals surface area contributed by atoms with Crippen LogP contribution >= 0.6 is 0 Å². The molecule has 3 N–H and O–H groups in total. The molecule has 0 saturated carbocycles. The predicted octanol–water partition coefficient (Wildman–Crippen LogP) is 3.97. The summed E-state index contributed by atoms with van der Waals surface area (Å²) in [4.78, 5) is 21.6. The van der Waals surface area contributed by atoms with Crippen LogP contribution in [0.5, 0.6) is 5.75 Å². The number of fused-ring (bicyclic) bond motifs is 1. The van der Waals surface area contributed by atoms with Crippen LogP contribution in [-0.4, -0.2) is 35.6 Å². The van der Waals surface area contributed by atoms with E-state index in [4.69, 9.17) is 10.5 Å². The zero-order valence-electron chi connectivity index (χ0n) is 17.0. The van der Waals surface area contributed by atoms with Crippen LogP contribution in [0.4, 0.5) is 5.69 Å². The van der Waals surface area contributed by atoms with Crippen LogP contribution in [0, 0.1) is 11.8 Å². The van der Waals surface area contributed by atoms with Gasteiger partial charge in [0.1, 0.15) is 5.75 Å². The highest BCUT2D eigenvalue weighted by Gasteiger charge is 2.27. The van der Waals surface area contributed by atoms with Crippen LogP contribution < -0.4 is 15.4 Å². The fraction of sp³-hybridized carbons (Fsp3) is 0.391. The molecular formula is C23H28N4O2. The molecule has 1 aliphatic rings. The number of nitrogens with two attached hydrogens (primary N) is 1. The van der Waals surface area contributed by atoms with Crippen LogP contribution in [0.1, 0.15) is 26.7 Å². The Hall–Kier alpha value is -3.02. The van der Waals surface area contributed by atoms with E-state index in [0.29, 0.717) is 12.5 Å². The highest BCUT2D eigenvalue weighted by Crippen LogP contribution is 2.30. The second-order valence-corrected chi connectivity index (χ2v) is 8.20. The van der Waals surface area contributed by atoms with Gasteiger partial charge in [-0.2, -0.15) is 0 Å². The van der Waals surface area contributed by atoms with Gasteiger partial charge in [-0.25, -0.2) is 0 Å². The van der Waals surface area contributed by atoms with Gasteiger partial charge in [0.25, 0.3) is 0 Å². The minimum absolute atomic E-state index is 0.0752. The molecule has 1 aliphatic heterocycles. The molecular weight excluding hydrogens is 364 g/mol. The Bertz CT molecular complexity index is 1010. The maximum absolute atomic E-state index is 11.5. The van der Waals surface area contributed by atoms with E-state index in [-0.39, 0.29) is 11.8 Å². The van der Waals surface area contributed by atoms with E-state index in [9.17, 15) is 4.79 Å². The van der Waals surface area contributed by atoms with E-state index in [2.05, 4.69) is 46.9 Å². The monoisotopic (exact) mass is 392 g/mol. The number of carbonyl (C=O) groups is 1. The van der Waals surface area contributed by atoms with Gasteiger partial charge in [-0.05, 0) is 55.2 Å². The largest absolute Gasteiger partial charge is 0.494 e. The minimum Gasteiger partial charge on any atom is -0.494 e. The zero-order chi connectivity index (χ0) is 20.4. The molecule has 1 fully saturated rings. The summed E-state index contributed by atoms with van der Waals surface area (Å²) in [5.74, 6) is 1.22. The van der Waals surface area contributed by atoms with Gasteiger partial charge < -0.3 is 20.4 Å². The Labute approximate surface area is 171 Å². The Morgan fingerprint density at radius 3 is 2.93 bits per heavy atom. The number of aromatic amines is 1. The van der Waals surface area contributed by atoms with Crippen molar-refractivity contribution in [2.75, 3.05) is 24.6 Å². The van der Waals surface area contributed by atoms with Gasteiger partial charge in [0.15, 0.2) is 0 Å². The quantitative estimate of drug-likeness (QED) is 0.637. The summed E-state index contributed by atoms with van der Waals surface area (Å²) < 4.78 is 5.88. The third-order valence-corrected chi connectivity index (χ3v) is 5.53. The number of benzene rings is 1. The number of hydrogen-bond acceptors (Lipinski definition) is 4. The SMILES string of the molecule is CC(C)CCOc1ccc2[nH]c(-c3cc(N4CCC(C(N)=O)C4)ccn3)cc2c1. The van der Waals surface area contributed by atoms with Crippen molar-refractivity contribution in [1.82, 2.24) is 9.97 Å². The van der Waals surface area contributed by atoms with Crippen molar-refractivity contribution in [2.45, 2.75) is 26.7 Å². The third-order valence-electron chi connectivity index (χ3n) is 5.53. The molecule has 6 heteroatoms. The molecule has 1 aromatic carbocycles. The van der Waals surface area contributed by atoms with Crippen LogP contribution in [0.25, 0.3) is 22.3 Å². The molecule has 6 nitrogen and oxygen atoms in total. The molecule has 0 bridgehead atoms. The average Bonchev–Trinajstić information content (AvgIpc) is 3.35. The second-order valence-electron chi connectivity index (χ2n) is 8.20. The van der Waals surface area contributed by atoms with Gasteiger partial charge in [0.2, 0.25) is 5.91 Å². The van der Waals surface area contributed by atoms with E-state index in [0.717, 1.165) is 59.7 Å².